The Kier molecular flexibility index (Phi) is 3.85. The standard InChI is InChI=1S/C14H10F4O/c15-9-3-1-2-8(6-9)7-12(19)10-4-5-11(16)14(18)13(10)17/h1-6,12,19H,7H2. The van der Waals surface area contributed by atoms with Gasteiger partial charge in [-0.15, -0.1) is 0 Å². The Morgan fingerprint density at radius 2 is 1.68 bits per heavy atom. The van der Waals surface area contributed by atoms with Gasteiger partial charge in [-0.3, -0.25) is 0 Å². The highest BCUT2D eigenvalue weighted by atomic mass is 19.2. The Bertz CT molecular complexity index is 598. The largest absolute Gasteiger partial charge is 0.388 e. The van der Waals surface area contributed by atoms with Crippen molar-refractivity contribution < 1.29 is 22.7 Å². The first-order valence-corrected chi connectivity index (χ1v) is 5.55. The van der Waals surface area contributed by atoms with E-state index in [1.807, 2.05) is 0 Å². The summed E-state index contributed by atoms with van der Waals surface area (Å²) in [6.45, 7) is 0. The van der Waals surface area contributed by atoms with Crippen LogP contribution in [0, 0.1) is 23.3 Å². The molecule has 0 radical (unpaired) electrons. The summed E-state index contributed by atoms with van der Waals surface area (Å²) < 4.78 is 52.2. The van der Waals surface area contributed by atoms with Gasteiger partial charge in [0.15, 0.2) is 17.5 Å². The monoisotopic (exact) mass is 270 g/mol. The van der Waals surface area contributed by atoms with Crippen LogP contribution in [-0.2, 0) is 6.42 Å². The number of benzene rings is 2. The fourth-order valence-corrected chi connectivity index (χ4v) is 1.80. The molecule has 1 atom stereocenters. The lowest BCUT2D eigenvalue weighted by Gasteiger charge is -2.12. The highest BCUT2D eigenvalue weighted by Gasteiger charge is 2.19. The van der Waals surface area contributed by atoms with Gasteiger partial charge in [0.05, 0.1) is 6.10 Å². The third kappa shape index (κ3) is 2.93. The van der Waals surface area contributed by atoms with Crippen molar-refractivity contribution >= 4 is 0 Å². The molecule has 0 aliphatic carbocycles. The van der Waals surface area contributed by atoms with E-state index in [9.17, 15) is 22.7 Å². The van der Waals surface area contributed by atoms with Crippen molar-refractivity contribution in [2.45, 2.75) is 12.5 Å². The molecule has 1 unspecified atom stereocenters. The van der Waals surface area contributed by atoms with E-state index in [1.54, 1.807) is 6.07 Å². The first-order chi connectivity index (χ1) is 8.99. The maximum absolute atomic E-state index is 13.4. The molecule has 0 aliphatic heterocycles. The van der Waals surface area contributed by atoms with Crippen LogP contribution in [0.5, 0.6) is 0 Å². The predicted octanol–water partition coefficient (Wildman–Crippen LogP) is 3.52. The van der Waals surface area contributed by atoms with E-state index in [-0.39, 0.29) is 12.0 Å². The van der Waals surface area contributed by atoms with E-state index >= 15 is 0 Å². The minimum absolute atomic E-state index is 0.0975. The summed E-state index contributed by atoms with van der Waals surface area (Å²) in [6, 6.07) is 7.11. The van der Waals surface area contributed by atoms with Crippen LogP contribution in [0.2, 0.25) is 0 Å². The molecule has 0 heterocycles. The molecule has 1 N–H and O–H groups in total. The fourth-order valence-electron chi connectivity index (χ4n) is 1.80. The topological polar surface area (TPSA) is 20.2 Å². The summed E-state index contributed by atoms with van der Waals surface area (Å²) in [6.07, 6.45) is -1.48. The molecule has 5 heteroatoms. The van der Waals surface area contributed by atoms with Gasteiger partial charge in [0.2, 0.25) is 0 Å². The first-order valence-electron chi connectivity index (χ1n) is 5.55. The van der Waals surface area contributed by atoms with Crippen molar-refractivity contribution in [1.82, 2.24) is 0 Å². The van der Waals surface area contributed by atoms with Crippen molar-refractivity contribution in [2.24, 2.45) is 0 Å². The van der Waals surface area contributed by atoms with Crippen LogP contribution >= 0.6 is 0 Å². The quantitative estimate of drug-likeness (QED) is 0.668. The Morgan fingerprint density at radius 3 is 2.37 bits per heavy atom. The number of aliphatic hydroxyl groups excluding tert-OH is 1. The lowest BCUT2D eigenvalue weighted by atomic mass is 10.0. The summed E-state index contributed by atoms with van der Waals surface area (Å²) in [7, 11) is 0. The molecular weight excluding hydrogens is 260 g/mol. The normalized spacial score (nSPS) is 12.5. The predicted molar refractivity (Wildman–Crippen MR) is 61.4 cm³/mol. The van der Waals surface area contributed by atoms with Gasteiger partial charge < -0.3 is 5.11 Å². The molecule has 0 aliphatic rings. The molecule has 0 fully saturated rings. The molecule has 0 bridgehead atoms. The molecule has 0 saturated carbocycles. The van der Waals surface area contributed by atoms with E-state index in [2.05, 4.69) is 0 Å². The van der Waals surface area contributed by atoms with Gasteiger partial charge in [-0.1, -0.05) is 18.2 Å². The molecule has 2 aromatic carbocycles. The van der Waals surface area contributed by atoms with Gasteiger partial charge in [-0.25, -0.2) is 17.6 Å². The SMILES string of the molecule is OC(Cc1cccc(F)c1)c1ccc(F)c(F)c1F. The summed E-state index contributed by atoms with van der Waals surface area (Å²) in [4.78, 5) is 0. The maximum Gasteiger partial charge on any atom is 0.194 e. The molecule has 0 amide bonds. The molecule has 19 heavy (non-hydrogen) atoms. The smallest absolute Gasteiger partial charge is 0.194 e. The number of halogens is 4. The van der Waals surface area contributed by atoms with Crippen molar-refractivity contribution in [1.29, 1.82) is 0 Å². The van der Waals surface area contributed by atoms with E-state index in [0.717, 1.165) is 12.1 Å². The van der Waals surface area contributed by atoms with Crippen molar-refractivity contribution in [3.05, 3.63) is 70.8 Å². The number of hydrogen-bond acceptors (Lipinski definition) is 1. The second-order valence-electron chi connectivity index (χ2n) is 4.11. The van der Waals surface area contributed by atoms with Crippen LogP contribution in [0.15, 0.2) is 36.4 Å². The average molecular weight is 270 g/mol. The summed E-state index contributed by atoms with van der Waals surface area (Å²) in [5.74, 6) is -4.87. The third-order valence-corrected chi connectivity index (χ3v) is 2.74. The molecule has 2 rings (SSSR count). The van der Waals surface area contributed by atoms with E-state index in [0.29, 0.717) is 5.56 Å². The zero-order valence-corrected chi connectivity index (χ0v) is 9.71. The Labute approximate surface area is 107 Å². The lowest BCUT2D eigenvalue weighted by Crippen LogP contribution is -2.07. The highest BCUT2D eigenvalue weighted by molar-refractivity contribution is 5.25. The Morgan fingerprint density at radius 1 is 0.947 bits per heavy atom. The molecule has 0 saturated heterocycles. The fraction of sp³-hybridized carbons (Fsp3) is 0.143. The molecule has 0 spiro atoms. The maximum atomic E-state index is 13.4. The average Bonchev–Trinajstić information content (AvgIpc) is 2.36. The summed E-state index contributed by atoms with van der Waals surface area (Å²) in [5.41, 5.74) is 0.0693. The van der Waals surface area contributed by atoms with Gasteiger partial charge >= 0.3 is 0 Å². The zero-order chi connectivity index (χ0) is 14.0. The van der Waals surface area contributed by atoms with Crippen molar-refractivity contribution in [2.75, 3.05) is 0 Å². The van der Waals surface area contributed by atoms with Crippen LogP contribution in [0.3, 0.4) is 0 Å². The first kappa shape index (κ1) is 13.5. The van der Waals surface area contributed by atoms with E-state index in [4.69, 9.17) is 0 Å². The zero-order valence-electron chi connectivity index (χ0n) is 9.71. The van der Waals surface area contributed by atoms with Crippen LogP contribution in [0.4, 0.5) is 17.6 Å². The van der Waals surface area contributed by atoms with Gasteiger partial charge in [-0.05, 0) is 23.8 Å². The highest BCUT2D eigenvalue weighted by Crippen LogP contribution is 2.24. The summed E-state index contributed by atoms with van der Waals surface area (Å²) >= 11 is 0. The second kappa shape index (κ2) is 5.40. The molecular formula is C14H10F4O. The summed E-state index contributed by atoms with van der Waals surface area (Å²) in [5, 5.41) is 9.81. The number of aliphatic hydroxyl groups is 1. The van der Waals surface area contributed by atoms with Gasteiger partial charge in [0, 0.05) is 12.0 Å². The van der Waals surface area contributed by atoms with Crippen molar-refractivity contribution in [3.63, 3.8) is 0 Å². The molecule has 100 valence electrons. The van der Waals surface area contributed by atoms with Crippen LogP contribution in [0.25, 0.3) is 0 Å². The molecule has 1 nitrogen and oxygen atoms in total. The minimum atomic E-state index is -1.63. The third-order valence-electron chi connectivity index (χ3n) is 2.74. The van der Waals surface area contributed by atoms with E-state index in [1.165, 1.54) is 18.2 Å². The van der Waals surface area contributed by atoms with Crippen molar-refractivity contribution in [3.8, 4) is 0 Å². The minimum Gasteiger partial charge on any atom is -0.388 e. The Hall–Kier alpha value is -1.88. The van der Waals surface area contributed by atoms with E-state index < -0.39 is 29.4 Å². The van der Waals surface area contributed by atoms with Crippen LogP contribution in [0.1, 0.15) is 17.2 Å². The van der Waals surface area contributed by atoms with Crippen LogP contribution < -0.4 is 0 Å². The number of rotatable bonds is 3. The Balaban J connectivity index is 2.25. The molecule has 2 aromatic rings. The number of hydrogen-bond donors (Lipinski definition) is 1. The lowest BCUT2D eigenvalue weighted by molar-refractivity contribution is 0.171. The van der Waals surface area contributed by atoms with Gasteiger partial charge in [0.1, 0.15) is 5.82 Å². The second-order valence-corrected chi connectivity index (χ2v) is 4.11. The van der Waals surface area contributed by atoms with Gasteiger partial charge in [-0.2, -0.15) is 0 Å². The molecule has 0 aromatic heterocycles. The van der Waals surface area contributed by atoms with Crippen LogP contribution in [-0.4, -0.2) is 5.11 Å². The van der Waals surface area contributed by atoms with Gasteiger partial charge in [0.25, 0.3) is 0 Å².